The first-order valence-electron chi connectivity index (χ1n) is 4.61. The molecule has 2 heterocycles. The van der Waals surface area contributed by atoms with Crippen LogP contribution in [0.4, 0.5) is 0 Å². The molecular formula is C12H12N2. The van der Waals surface area contributed by atoms with Gasteiger partial charge in [-0.3, -0.25) is 9.97 Å². The number of pyridine rings is 2. The average Bonchev–Trinajstić information content (AvgIpc) is 2.23. The Kier molecular flexibility index (Phi) is 2.27. The zero-order valence-corrected chi connectivity index (χ0v) is 8.36. The Hall–Kier alpha value is -1.70. The molecule has 0 aliphatic heterocycles. The lowest BCUT2D eigenvalue weighted by atomic mass is 10.1. The van der Waals surface area contributed by atoms with Crippen molar-refractivity contribution in [1.82, 2.24) is 9.97 Å². The molecule has 0 aromatic carbocycles. The normalized spacial score (nSPS) is 10.1. The van der Waals surface area contributed by atoms with Gasteiger partial charge in [-0.05, 0) is 43.2 Å². The average molecular weight is 184 g/mol. The van der Waals surface area contributed by atoms with Gasteiger partial charge in [-0.25, -0.2) is 0 Å². The van der Waals surface area contributed by atoms with Gasteiger partial charge in [-0.1, -0.05) is 0 Å². The summed E-state index contributed by atoms with van der Waals surface area (Å²) in [6.07, 6.45) is 5.48. The van der Waals surface area contributed by atoms with Crippen molar-refractivity contribution in [3.8, 4) is 11.3 Å². The number of aromatic nitrogens is 2. The van der Waals surface area contributed by atoms with Crippen LogP contribution < -0.4 is 0 Å². The molecule has 0 aliphatic rings. The summed E-state index contributed by atoms with van der Waals surface area (Å²) >= 11 is 0. The molecule has 2 rings (SSSR count). The maximum absolute atomic E-state index is 4.38. The Morgan fingerprint density at radius 1 is 1.00 bits per heavy atom. The highest BCUT2D eigenvalue weighted by molar-refractivity contribution is 5.59. The van der Waals surface area contributed by atoms with E-state index in [4.69, 9.17) is 0 Å². The molecule has 0 radical (unpaired) electrons. The van der Waals surface area contributed by atoms with Crippen molar-refractivity contribution >= 4 is 0 Å². The highest BCUT2D eigenvalue weighted by Gasteiger charge is 1.99. The van der Waals surface area contributed by atoms with Gasteiger partial charge < -0.3 is 0 Å². The van der Waals surface area contributed by atoms with Crippen molar-refractivity contribution in [1.29, 1.82) is 0 Å². The molecule has 14 heavy (non-hydrogen) atoms. The summed E-state index contributed by atoms with van der Waals surface area (Å²) in [5.74, 6) is 0. The number of aryl methyl sites for hydroxylation is 2. The van der Waals surface area contributed by atoms with Gasteiger partial charge in [0.15, 0.2) is 0 Å². The third-order valence-corrected chi connectivity index (χ3v) is 2.35. The van der Waals surface area contributed by atoms with Crippen LogP contribution in [0, 0.1) is 13.8 Å². The summed E-state index contributed by atoms with van der Waals surface area (Å²) in [5.41, 5.74) is 4.62. The zero-order chi connectivity index (χ0) is 9.97. The number of hydrogen-bond donors (Lipinski definition) is 0. The molecule has 0 amide bonds. The SMILES string of the molecule is Cc1cnc(-c2ccncc2)cc1C. The predicted molar refractivity (Wildman–Crippen MR) is 56.9 cm³/mol. The number of hydrogen-bond acceptors (Lipinski definition) is 2. The third kappa shape index (κ3) is 1.64. The maximum atomic E-state index is 4.38. The van der Waals surface area contributed by atoms with Crippen LogP contribution in [0.25, 0.3) is 11.3 Å². The van der Waals surface area contributed by atoms with Crippen LogP contribution in [0.15, 0.2) is 36.8 Å². The van der Waals surface area contributed by atoms with E-state index in [1.807, 2.05) is 18.3 Å². The van der Waals surface area contributed by atoms with E-state index in [2.05, 4.69) is 29.9 Å². The first-order valence-corrected chi connectivity index (χ1v) is 4.61. The highest BCUT2D eigenvalue weighted by Crippen LogP contribution is 2.17. The van der Waals surface area contributed by atoms with Gasteiger partial charge in [-0.15, -0.1) is 0 Å². The monoisotopic (exact) mass is 184 g/mol. The molecule has 0 bridgehead atoms. The summed E-state index contributed by atoms with van der Waals surface area (Å²) in [6, 6.07) is 6.04. The van der Waals surface area contributed by atoms with E-state index in [1.165, 1.54) is 11.1 Å². The van der Waals surface area contributed by atoms with Crippen LogP contribution in [0.5, 0.6) is 0 Å². The Morgan fingerprint density at radius 2 is 1.71 bits per heavy atom. The van der Waals surface area contributed by atoms with Crippen LogP contribution in [0.3, 0.4) is 0 Å². The molecule has 0 N–H and O–H groups in total. The van der Waals surface area contributed by atoms with E-state index in [9.17, 15) is 0 Å². The lowest BCUT2D eigenvalue weighted by Crippen LogP contribution is -1.88. The second kappa shape index (κ2) is 3.58. The fraction of sp³-hybridized carbons (Fsp3) is 0.167. The first kappa shape index (κ1) is 8.88. The summed E-state index contributed by atoms with van der Waals surface area (Å²) in [4.78, 5) is 8.36. The van der Waals surface area contributed by atoms with Gasteiger partial charge in [-0.2, -0.15) is 0 Å². The molecule has 0 saturated heterocycles. The predicted octanol–water partition coefficient (Wildman–Crippen LogP) is 2.76. The van der Waals surface area contributed by atoms with E-state index in [1.54, 1.807) is 12.4 Å². The van der Waals surface area contributed by atoms with Gasteiger partial charge >= 0.3 is 0 Å². The van der Waals surface area contributed by atoms with Crippen LogP contribution in [-0.4, -0.2) is 9.97 Å². The number of nitrogens with zero attached hydrogens (tertiary/aromatic N) is 2. The van der Waals surface area contributed by atoms with Crippen molar-refractivity contribution in [3.05, 3.63) is 47.9 Å². The molecular weight excluding hydrogens is 172 g/mol. The van der Waals surface area contributed by atoms with E-state index < -0.39 is 0 Å². The van der Waals surface area contributed by atoms with Gasteiger partial charge in [0.1, 0.15) is 0 Å². The zero-order valence-electron chi connectivity index (χ0n) is 8.36. The van der Waals surface area contributed by atoms with Gasteiger partial charge in [0.2, 0.25) is 0 Å². The quantitative estimate of drug-likeness (QED) is 0.681. The Balaban J connectivity index is 2.48. The highest BCUT2D eigenvalue weighted by atomic mass is 14.7. The second-order valence-electron chi connectivity index (χ2n) is 3.39. The molecule has 2 heteroatoms. The van der Waals surface area contributed by atoms with E-state index >= 15 is 0 Å². The fourth-order valence-corrected chi connectivity index (χ4v) is 1.30. The molecule has 70 valence electrons. The Morgan fingerprint density at radius 3 is 2.36 bits per heavy atom. The van der Waals surface area contributed by atoms with Crippen molar-refractivity contribution in [3.63, 3.8) is 0 Å². The Labute approximate surface area is 83.7 Å². The smallest absolute Gasteiger partial charge is 0.0705 e. The Bertz CT molecular complexity index is 435. The molecule has 2 nitrogen and oxygen atoms in total. The summed E-state index contributed by atoms with van der Waals surface area (Å²) < 4.78 is 0. The van der Waals surface area contributed by atoms with Crippen LogP contribution in [0.1, 0.15) is 11.1 Å². The summed E-state index contributed by atoms with van der Waals surface area (Å²) in [5, 5.41) is 0. The van der Waals surface area contributed by atoms with Crippen molar-refractivity contribution in [2.75, 3.05) is 0 Å². The van der Waals surface area contributed by atoms with Crippen LogP contribution in [-0.2, 0) is 0 Å². The number of rotatable bonds is 1. The standard InChI is InChI=1S/C12H12N2/c1-9-7-12(14-8-10(9)2)11-3-5-13-6-4-11/h3-8H,1-2H3. The fourth-order valence-electron chi connectivity index (χ4n) is 1.30. The molecule has 0 fully saturated rings. The van der Waals surface area contributed by atoms with Gasteiger partial charge in [0.05, 0.1) is 5.69 Å². The van der Waals surface area contributed by atoms with E-state index in [0.29, 0.717) is 0 Å². The lowest BCUT2D eigenvalue weighted by Gasteiger charge is -2.03. The summed E-state index contributed by atoms with van der Waals surface area (Å²) in [6.45, 7) is 4.17. The second-order valence-corrected chi connectivity index (χ2v) is 3.39. The molecule has 0 atom stereocenters. The van der Waals surface area contributed by atoms with Crippen LogP contribution >= 0.6 is 0 Å². The minimum Gasteiger partial charge on any atom is -0.265 e. The summed E-state index contributed by atoms with van der Waals surface area (Å²) in [7, 11) is 0. The van der Waals surface area contributed by atoms with Crippen molar-refractivity contribution in [2.45, 2.75) is 13.8 Å². The molecule has 2 aromatic heterocycles. The van der Waals surface area contributed by atoms with Gasteiger partial charge in [0.25, 0.3) is 0 Å². The molecule has 2 aromatic rings. The molecule has 0 aliphatic carbocycles. The van der Waals surface area contributed by atoms with Gasteiger partial charge in [0, 0.05) is 24.2 Å². The topological polar surface area (TPSA) is 25.8 Å². The molecule has 0 unspecified atom stereocenters. The lowest BCUT2D eigenvalue weighted by molar-refractivity contribution is 1.21. The molecule has 0 spiro atoms. The minimum absolute atomic E-state index is 1.01. The first-order chi connectivity index (χ1) is 6.77. The third-order valence-electron chi connectivity index (χ3n) is 2.35. The largest absolute Gasteiger partial charge is 0.265 e. The van der Waals surface area contributed by atoms with Crippen molar-refractivity contribution in [2.24, 2.45) is 0 Å². The van der Waals surface area contributed by atoms with Crippen molar-refractivity contribution < 1.29 is 0 Å². The minimum atomic E-state index is 1.01. The maximum Gasteiger partial charge on any atom is 0.0705 e. The van der Waals surface area contributed by atoms with E-state index in [-0.39, 0.29) is 0 Å². The molecule has 0 saturated carbocycles. The van der Waals surface area contributed by atoms with E-state index in [0.717, 1.165) is 11.3 Å². The van der Waals surface area contributed by atoms with Crippen LogP contribution in [0.2, 0.25) is 0 Å².